The van der Waals surface area contributed by atoms with E-state index in [9.17, 15) is 14.4 Å². The zero-order valence-corrected chi connectivity index (χ0v) is 18.3. The fourth-order valence-corrected chi connectivity index (χ4v) is 4.18. The molecule has 1 atom stereocenters. The first kappa shape index (κ1) is 20.6. The van der Waals surface area contributed by atoms with Crippen molar-refractivity contribution in [2.75, 3.05) is 14.1 Å². The molecule has 3 amide bonds. The van der Waals surface area contributed by atoms with Crippen molar-refractivity contribution in [1.29, 1.82) is 0 Å². The molecule has 3 heterocycles. The van der Waals surface area contributed by atoms with Gasteiger partial charge in [0, 0.05) is 55.0 Å². The van der Waals surface area contributed by atoms with Crippen molar-refractivity contribution in [2.45, 2.75) is 12.3 Å². The molecule has 1 aliphatic heterocycles. The molecule has 4 aromatic rings. The highest BCUT2D eigenvalue weighted by molar-refractivity contribution is 6.06. The van der Waals surface area contributed by atoms with Gasteiger partial charge >= 0.3 is 0 Å². The number of hydrogen-bond acceptors (Lipinski definition) is 4. The molecule has 0 aliphatic carbocycles. The topological polar surface area (TPSA) is 95.2 Å². The highest BCUT2D eigenvalue weighted by Crippen LogP contribution is 2.32. The number of benzene rings is 2. The van der Waals surface area contributed by atoms with E-state index < -0.39 is 5.92 Å². The summed E-state index contributed by atoms with van der Waals surface area (Å²) < 4.78 is 0. The van der Waals surface area contributed by atoms with Gasteiger partial charge in [0.15, 0.2) is 0 Å². The zero-order valence-electron chi connectivity index (χ0n) is 18.3. The normalized spacial score (nSPS) is 15.6. The summed E-state index contributed by atoms with van der Waals surface area (Å²) in [7, 11) is 3.47. The molecule has 0 saturated carbocycles. The summed E-state index contributed by atoms with van der Waals surface area (Å²) in [5.74, 6) is -0.938. The first-order chi connectivity index (χ1) is 15.9. The molecule has 2 N–H and O–H groups in total. The third-order valence-corrected chi connectivity index (χ3v) is 6.00. The van der Waals surface area contributed by atoms with E-state index in [4.69, 9.17) is 0 Å². The Hall–Kier alpha value is -4.26. The van der Waals surface area contributed by atoms with Crippen molar-refractivity contribution in [3.8, 4) is 22.3 Å². The quantitative estimate of drug-likeness (QED) is 0.475. The number of hydrogen-bond donors (Lipinski definition) is 2. The highest BCUT2D eigenvalue weighted by Gasteiger charge is 2.31. The lowest BCUT2D eigenvalue weighted by Gasteiger charge is -2.10. The summed E-state index contributed by atoms with van der Waals surface area (Å²) in [4.78, 5) is 45.0. The second-order valence-electron chi connectivity index (χ2n) is 8.39. The Kier molecular flexibility index (Phi) is 5.01. The minimum absolute atomic E-state index is 0.0349. The summed E-state index contributed by atoms with van der Waals surface area (Å²) in [6.07, 6.45) is 3.92. The lowest BCUT2D eigenvalue weighted by atomic mass is 9.95. The standard InChI is InChI=1S/C26H22N4O3/c1-30(2)26(33)18-9-7-17(8-10-18)22-14-28-24-21(22)11-19(13-27-24)15-3-5-16(6-4-15)20-12-23(31)29-25(20)32/h3-11,13-14,20H,12H2,1-2H3,(H,27,28)(H,29,31,32). The van der Waals surface area contributed by atoms with Crippen molar-refractivity contribution in [3.63, 3.8) is 0 Å². The van der Waals surface area contributed by atoms with Crippen molar-refractivity contribution in [1.82, 2.24) is 20.2 Å². The van der Waals surface area contributed by atoms with E-state index in [-0.39, 0.29) is 24.1 Å². The molecule has 0 spiro atoms. The molecule has 0 bridgehead atoms. The van der Waals surface area contributed by atoms with E-state index in [0.717, 1.165) is 38.9 Å². The van der Waals surface area contributed by atoms with Crippen molar-refractivity contribution in [2.24, 2.45) is 0 Å². The van der Waals surface area contributed by atoms with Crippen LogP contribution in [-0.4, -0.2) is 46.7 Å². The highest BCUT2D eigenvalue weighted by atomic mass is 16.2. The molecule has 2 aromatic carbocycles. The van der Waals surface area contributed by atoms with Gasteiger partial charge in [-0.25, -0.2) is 4.98 Å². The molecule has 1 unspecified atom stereocenters. The molecule has 7 nitrogen and oxygen atoms in total. The number of rotatable bonds is 4. The van der Waals surface area contributed by atoms with Gasteiger partial charge in [0.1, 0.15) is 5.65 Å². The Morgan fingerprint density at radius 2 is 1.67 bits per heavy atom. The molecule has 5 rings (SSSR count). The largest absolute Gasteiger partial charge is 0.346 e. The average molecular weight is 438 g/mol. The first-order valence-corrected chi connectivity index (χ1v) is 10.6. The zero-order chi connectivity index (χ0) is 23.1. The first-order valence-electron chi connectivity index (χ1n) is 10.6. The number of aromatic nitrogens is 2. The summed E-state index contributed by atoms with van der Waals surface area (Å²) in [6.45, 7) is 0. The van der Waals surface area contributed by atoms with Crippen molar-refractivity contribution < 1.29 is 14.4 Å². The molecule has 1 fully saturated rings. The van der Waals surface area contributed by atoms with Crippen LogP contribution < -0.4 is 5.32 Å². The fraction of sp³-hybridized carbons (Fsp3) is 0.154. The Labute approximate surface area is 190 Å². The average Bonchev–Trinajstić information content (AvgIpc) is 3.40. The van der Waals surface area contributed by atoms with Crippen molar-refractivity contribution in [3.05, 3.63) is 78.1 Å². The molecular weight excluding hydrogens is 416 g/mol. The summed E-state index contributed by atoms with van der Waals surface area (Å²) >= 11 is 0. The number of carbonyl (C=O) groups is 3. The van der Waals surface area contributed by atoms with Gasteiger partial charge in [-0.3, -0.25) is 19.7 Å². The molecule has 0 radical (unpaired) electrons. The fourth-order valence-electron chi connectivity index (χ4n) is 4.18. The predicted octanol–water partition coefficient (Wildman–Crippen LogP) is 3.73. The molecule has 2 aromatic heterocycles. The molecular formula is C26H22N4O3. The third kappa shape index (κ3) is 3.78. The Balaban J connectivity index is 1.46. The third-order valence-electron chi connectivity index (χ3n) is 6.00. The van der Waals surface area contributed by atoms with Gasteiger partial charge in [0.05, 0.1) is 5.92 Å². The summed E-state index contributed by atoms with van der Waals surface area (Å²) in [6, 6.07) is 17.3. The minimum atomic E-state index is -0.425. The number of nitrogens with one attached hydrogen (secondary N) is 2. The second kappa shape index (κ2) is 8.02. The number of pyridine rings is 1. The Bertz CT molecular complexity index is 1390. The van der Waals surface area contributed by atoms with E-state index >= 15 is 0 Å². The van der Waals surface area contributed by atoms with E-state index in [0.29, 0.717) is 5.56 Å². The van der Waals surface area contributed by atoms with Crippen molar-refractivity contribution >= 4 is 28.8 Å². The van der Waals surface area contributed by atoms with Crippen LogP contribution in [0.2, 0.25) is 0 Å². The number of carbonyl (C=O) groups excluding carboxylic acids is 3. The maximum Gasteiger partial charge on any atom is 0.253 e. The lowest BCUT2D eigenvalue weighted by molar-refractivity contribution is -0.125. The van der Waals surface area contributed by atoms with Gasteiger partial charge in [-0.15, -0.1) is 0 Å². The molecule has 1 aliphatic rings. The lowest BCUT2D eigenvalue weighted by Crippen LogP contribution is -2.21. The maximum absolute atomic E-state index is 12.2. The Morgan fingerprint density at radius 3 is 2.30 bits per heavy atom. The monoisotopic (exact) mass is 438 g/mol. The molecule has 7 heteroatoms. The van der Waals surface area contributed by atoms with Crippen LogP contribution in [0.1, 0.15) is 28.3 Å². The van der Waals surface area contributed by atoms with E-state index in [1.807, 2.05) is 60.9 Å². The van der Waals surface area contributed by atoms with Gasteiger partial charge in [-0.1, -0.05) is 36.4 Å². The van der Waals surface area contributed by atoms with E-state index in [1.54, 1.807) is 19.0 Å². The van der Waals surface area contributed by atoms with Crippen LogP contribution >= 0.6 is 0 Å². The molecule has 164 valence electrons. The van der Waals surface area contributed by atoms with Gasteiger partial charge in [-0.2, -0.15) is 0 Å². The van der Waals surface area contributed by atoms with Crippen LogP contribution in [0.4, 0.5) is 0 Å². The van der Waals surface area contributed by atoms with Crippen LogP contribution in [0, 0.1) is 0 Å². The number of amides is 3. The van der Waals surface area contributed by atoms with Gasteiger partial charge in [-0.05, 0) is 34.9 Å². The second-order valence-corrected chi connectivity index (χ2v) is 8.39. The number of nitrogens with zero attached hydrogens (tertiary/aromatic N) is 2. The number of fused-ring (bicyclic) bond motifs is 1. The van der Waals surface area contributed by atoms with Crippen LogP contribution in [-0.2, 0) is 9.59 Å². The van der Waals surface area contributed by atoms with Gasteiger partial charge < -0.3 is 9.88 Å². The summed E-state index contributed by atoms with van der Waals surface area (Å²) in [5, 5.41) is 3.33. The Morgan fingerprint density at radius 1 is 0.970 bits per heavy atom. The predicted molar refractivity (Wildman–Crippen MR) is 125 cm³/mol. The van der Waals surface area contributed by atoms with Crippen LogP contribution in [0.5, 0.6) is 0 Å². The number of imide groups is 1. The van der Waals surface area contributed by atoms with Crippen LogP contribution in [0.25, 0.3) is 33.3 Å². The molecule has 1 saturated heterocycles. The number of aromatic amines is 1. The minimum Gasteiger partial charge on any atom is -0.346 e. The summed E-state index contributed by atoms with van der Waals surface area (Å²) in [5.41, 5.74) is 6.15. The van der Waals surface area contributed by atoms with E-state index in [2.05, 4.69) is 21.4 Å². The number of H-pyrrole nitrogens is 1. The van der Waals surface area contributed by atoms with Gasteiger partial charge in [0.2, 0.25) is 11.8 Å². The van der Waals surface area contributed by atoms with Gasteiger partial charge in [0.25, 0.3) is 5.91 Å². The molecule has 33 heavy (non-hydrogen) atoms. The SMILES string of the molecule is CN(C)C(=O)c1ccc(-c2c[nH]c3ncc(-c4ccc(C5CC(=O)NC5=O)cc4)cc23)cc1. The van der Waals surface area contributed by atoms with Crippen LogP contribution in [0.3, 0.4) is 0 Å². The smallest absolute Gasteiger partial charge is 0.253 e. The van der Waals surface area contributed by atoms with Crippen LogP contribution in [0.15, 0.2) is 67.0 Å². The van der Waals surface area contributed by atoms with E-state index in [1.165, 1.54) is 0 Å². The maximum atomic E-state index is 12.2.